The first-order chi connectivity index (χ1) is 12.7. The van der Waals surface area contributed by atoms with E-state index in [1.165, 1.54) is 37.7 Å². The molecule has 0 spiro atoms. The summed E-state index contributed by atoms with van der Waals surface area (Å²) in [7, 11) is -4.64. The summed E-state index contributed by atoms with van der Waals surface area (Å²) in [5.41, 5.74) is 1.17. The molecule has 0 radical (unpaired) electrons. The minimum Gasteiger partial charge on any atom is -0.616 e. The van der Waals surface area contributed by atoms with Crippen molar-refractivity contribution < 1.29 is 33.3 Å². The van der Waals surface area contributed by atoms with Gasteiger partial charge >= 0.3 is 7.82 Å². The van der Waals surface area contributed by atoms with Crippen molar-refractivity contribution in [2.75, 3.05) is 12.5 Å². The lowest BCUT2D eigenvalue weighted by molar-refractivity contribution is 0.174. The topological polar surface area (TPSA) is 119 Å². The van der Waals surface area contributed by atoms with E-state index in [1.54, 1.807) is 0 Å². The third kappa shape index (κ3) is 11.6. The van der Waals surface area contributed by atoms with E-state index in [4.69, 9.17) is 28.7 Å². The predicted octanol–water partition coefficient (Wildman–Crippen LogP) is 3.53. The third-order valence-corrected chi connectivity index (χ3v) is 5.86. The zero-order valence-corrected chi connectivity index (χ0v) is 17.7. The lowest BCUT2D eigenvalue weighted by atomic mass is 10.1. The second kappa shape index (κ2) is 12.6. The van der Waals surface area contributed by atoms with Crippen molar-refractivity contribution >= 4 is 19.0 Å². The van der Waals surface area contributed by atoms with E-state index in [2.05, 4.69) is 13.8 Å². The Morgan fingerprint density at radius 2 is 1.70 bits per heavy atom. The molecule has 9 heteroatoms. The zero-order chi connectivity index (χ0) is 20.3. The monoisotopic (exact) mass is 422 g/mol. The molecule has 0 aromatic heterocycles. The third-order valence-electron chi connectivity index (χ3n) is 4.11. The van der Waals surface area contributed by atoms with E-state index in [1.807, 2.05) is 18.2 Å². The van der Waals surface area contributed by atoms with Gasteiger partial charge in [-0.15, -0.1) is 0 Å². The lowest BCUT2D eigenvalue weighted by Crippen LogP contribution is -2.23. The quantitative estimate of drug-likeness (QED) is 0.300. The van der Waals surface area contributed by atoms with Crippen LogP contribution in [0, 0.1) is 0 Å². The minimum atomic E-state index is -4.64. The van der Waals surface area contributed by atoms with Crippen LogP contribution in [0.25, 0.3) is 0 Å². The molecule has 156 valence electrons. The summed E-state index contributed by atoms with van der Waals surface area (Å²) in [5, 5.41) is 0.191. The van der Waals surface area contributed by atoms with Crippen molar-refractivity contribution in [1.29, 1.82) is 0 Å². The summed E-state index contributed by atoms with van der Waals surface area (Å²) < 4.78 is 31.9. The summed E-state index contributed by atoms with van der Waals surface area (Å²) in [4.78, 5) is 21.6. The maximum absolute atomic E-state index is 12.3. The molecule has 1 aliphatic heterocycles. The van der Waals surface area contributed by atoms with Crippen LogP contribution in [0.1, 0.15) is 57.9 Å². The van der Waals surface area contributed by atoms with Crippen molar-refractivity contribution in [2.24, 2.45) is 0 Å². The van der Waals surface area contributed by atoms with Gasteiger partial charge in [0.25, 0.3) is 0 Å². The zero-order valence-electron chi connectivity index (χ0n) is 16.0. The van der Waals surface area contributed by atoms with E-state index in [-0.39, 0.29) is 5.25 Å². The minimum absolute atomic E-state index is 0.191. The molecule has 7 nitrogen and oxygen atoms in total. The fourth-order valence-corrected chi connectivity index (χ4v) is 3.99. The number of phosphoric acid groups is 1. The van der Waals surface area contributed by atoms with Crippen molar-refractivity contribution in [3.05, 3.63) is 23.8 Å². The van der Waals surface area contributed by atoms with Gasteiger partial charge < -0.3 is 28.7 Å². The molecule has 0 saturated carbocycles. The highest BCUT2D eigenvalue weighted by Gasteiger charge is 2.19. The number of rotatable bonds is 10. The van der Waals surface area contributed by atoms with E-state index < -0.39 is 19.0 Å². The Kier molecular flexibility index (Phi) is 11.4. The van der Waals surface area contributed by atoms with E-state index in [9.17, 15) is 4.55 Å². The second-order valence-corrected chi connectivity index (χ2v) is 9.57. The number of ether oxygens (including phenoxy) is 2. The Labute approximate surface area is 164 Å². The predicted molar refractivity (Wildman–Crippen MR) is 106 cm³/mol. The maximum atomic E-state index is 12.3. The van der Waals surface area contributed by atoms with Crippen LogP contribution in [-0.2, 0) is 22.2 Å². The Bertz CT molecular complexity index is 585. The van der Waals surface area contributed by atoms with Gasteiger partial charge in [0.1, 0.15) is 11.0 Å². The summed E-state index contributed by atoms with van der Waals surface area (Å²) in [6, 6.07) is 6.01. The van der Waals surface area contributed by atoms with Gasteiger partial charge in [-0.2, -0.15) is 0 Å². The molecule has 3 N–H and O–H groups in total. The van der Waals surface area contributed by atoms with Gasteiger partial charge in [0, 0.05) is 6.42 Å². The lowest BCUT2D eigenvalue weighted by Gasteiger charge is -2.18. The first-order valence-electron chi connectivity index (χ1n) is 9.24. The fourth-order valence-electron chi connectivity index (χ4n) is 2.72. The molecular weight excluding hydrogens is 391 g/mol. The largest absolute Gasteiger partial charge is 0.616 e. The van der Waals surface area contributed by atoms with Crippen LogP contribution in [0.5, 0.6) is 11.5 Å². The van der Waals surface area contributed by atoms with Crippen molar-refractivity contribution in [3.8, 4) is 11.5 Å². The van der Waals surface area contributed by atoms with Crippen LogP contribution in [0.4, 0.5) is 0 Å². The van der Waals surface area contributed by atoms with Crippen LogP contribution >= 0.6 is 7.82 Å². The van der Waals surface area contributed by atoms with E-state index in [0.29, 0.717) is 6.79 Å². The van der Waals surface area contributed by atoms with Gasteiger partial charge in [0.15, 0.2) is 11.5 Å². The van der Waals surface area contributed by atoms with Gasteiger partial charge in [0.2, 0.25) is 6.79 Å². The van der Waals surface area contributed by atoms with Crippen molar-refractivity contribution in [3.63, 3.8) is 0 Å². The number of fused-ring (bicyclic) bond motifs is 1. The SMILES string of the molecule is CCCCCCCC[S+]([O-])C(C)Cc1ccc2c(c1)OCO2.O=P(O)(O)O. The Balaban J connectivity index is 0.000000646. The van der Waals surface area contributed by atoms with Gasteiger partial charge in [-0.25, -0.2) is 4.57 Å². The van der Waals surface area contributed by atoms with Crippen LogP contribution in [0.2, 0.25) is 0 Å². The summed E-state index contributed by atoms with van der Waals surface area (Å²) in [6.45, 7) is 4.61. The van der Waals surface area contributed by atoms with Gasteiger partial charge in [-0.05, 0) is 37.5 Å². The molecule has 0 aliphatic carbocycles. The fraction of sp³-hybridized carbons (Fsp3) is 0.667. The molecule has 1 aliphatic rings. The van der Waals surface area contributed by atoms with Crippen LogP contribution in [0.3, 0.4) is 0 Å². The normalized spacial score (nSPS) is 15.0. The molecule has 0 bridgehead atoms. The highest BCUT2D eigenvalue weighted by atomic mass is 32.2. The van der Waals surface area contributed by atoms with Crippen molar-refractivity contribution in [1.82, 2.24) is 0 Å². The molecule has 1 aromatic rings. The Morgan fingerprint density at radius 1 is 1.11 bits per heavy atom. The number of hydrogen-bond donors (Lipinski definition) is 3. The summed E-state index contributed by atoms with van der Waals surface area (Å²) in [6.07, 6.45) is 8.32. The van der Waals surface area contributed by atoms with Gasteiger partial charge in [-0.1, -0.05) is 49.8 Å². The molecule has 2 atom stereocenters. The van der Waals surface area contributed by atoms with E-state index in [0.717, 1.165) is 30.1 Å². The molecule has 1 heterocycles. The maximum Gasteiger partial charge on any atom is 0.466 e. The average Bonchev–Trinajstić information content (AvgIpc) is 3.04. The smallest absolute Gasteiger partial charge is 0.466 e. The van der Waals surface area contributed by atoms with Crippen molar-refractivity contribution in [2.45, 2.75) is 64.0 Å². The molecule has 2 unspecified atom stereocenters. The standard InChI is InChI=1S/C18H28O3S.H3O4P/c1-3-4-5-6-7-8-11-22(19)15(2)12-16-9-10-17-18(13-16)21-14-20-17;1-5(2,3)4/h9-10,13,15H,3-8,11-12,14H2,1-2H3;(H3,1,2,3,4). The van der Waals surface area contributed by atoms with Crippen LogP contribution < -0.4 is 9.47 Å². The van der Waals surface area contributed by atoms with Gasteiger partial charge in [-0.3, -0.25) is 0 Å². The highest BCUT2D eigenvalue weighted by molar-refractivity contribution is 7.91. The van der Waals surface area contributed by atoms with E-state index >= 15 is 0 Å². The van der Waals surface area contributed by atoms with Crippen LogP contribution in [0.15, 0.2) is 18.2 Å². The Hall–Kier alpha value is -0.760. The van der Waals surface area contributed by atoms with Crippen LogP contribution in [-0.4, -0.2) is 37.0 Å². The second-order valence-electron chi connectivity index (χ2n) is 6.57. The molecule has 1 aromatic carbocycles. The summed E-state index contributed by atoms with van der Waals surface area (Å²) >= 11 is -0.743. The molecule has 0 amide bonds. The molecule has 0 fully saturated rings. The Morgan fingerprint density at radius 3 is 2.37 bits per heavy atom. The van der Waals surface area contributed by atoms with Gasteiger partial charge in [0.05, 0.1) is 0 Å². The first-order valence-corrected chi connectivity index (χ1v) is 12.2. The highest BCUT2D eigenvalue weighted by Crippen LogP contribution is 2.33. The molecular formula is C18H31O7PS. The number of hydrogen-bond acceptors (Lipinski definition) is 4. The average molecular weight is 422 g/mol. The number of unbranched alkanes of at least 4 members (excludes halogenated alkanes) is 5. The summed E-state index contributed by atoms with van der Waals surface area (Å²) in [5.74, 6) is 2.45. The number of benzene rings is 1. The molecule has 0 saturated heterocycles. The molecule has 2 rings (SSSR count). The first kappa shape index (κ1) is 24.3. The molecule has 27 heavy (non-hydrogen) atoms.